The molecule has 146 valence electrons. The van der Waals surface area contributed by atoms with Gasteiger partial charge in [0.15, 0.2) is 11.4 Å². The first-order chi connectivity index (χ1) is 13.4. The van der Waals surface area contributed by atoms with Crippen LogP contribution in [0, 0.1) is 6.92 Å². The highest BCUT2D eigenvalue weighted by Gasteiger charge is 2.37. The summed E-state index contributed by atoms with van der Waals surface area (Å²) in [5.41, 5.74) is 1.13. The van der Waals surface area contributed by atoms with Gasteiger partial charge in [0.25, 0.3) is 11.3 Å². The van der Waals surface area contributed by atoms with Crippen LogP contribution in [0.1, 0.15) is 41.7 Å². The predicted octanol–water partition coefficient (Wildman–Crippen LogP) is 2.54. The Bertz CT molecular complexity index is 1110. The van der Waals surface area contributed by atoms with E-state index >= 15 is 0 Å². The minimum atomic E-state index is -0.752. The Labute approximate surface area is 162 Å². The summed E-state index contributed by atoms with van der Waals surface area (Å²) in [5, 5.41) is 17.9. The van der Waals surface area contributed by atoms with Crippen molar-refractivity contribution in [2.75, 3.05) is 7.05 Å². The summed E-state index contributed by atoms with van der Waals surface area (Å²) in [6.45, 7) is 2.58. The third kappa shape index (κ3) is 2.87. The SMILES string of the molecule is CNC(=O)c1nn(CC2(n3ccc4c(C)cccc43)CCCC2)cc(O)c1=O. The van der Waals surface area contributed by atoms with Crippen molar-refractivity contribution in [1.82, 2.24) is 19.7 Å². The Kier molecular flexibility index (Phi) is 4.45. The van der Waals surface area contributed by atoms with Crippen LogP contribution in [0.15, 0.2) is 41.5 Å². The fourth-order valence-corrected chi connectivity index (χ4v) is 4.42. The molecule has 0 atom stereocenters. The fourth-order valence-electron chi connectivity index (χ4n) is 4.42. The standard InChI is InChI=1S/C21H24N4O3/c1-14-6-5-7-16-15(14)8-11-25(16)21(9-3-4-10-21)13-24-12-17(26)19(27)18(23-24)20(28)22-2/h5-8,11-12,26H,3-4,9-10,13H2,1-2H3,(H,22,28). The van der Waals surface area contributed by atoms with Crippen LogP contribution >= 0.6 is 0 Å². The molecule has 1 saturated carbocycles. The highest BCUT2D eigenvalue weighted by Crippen LogP contribution is 2.40. The molecule has 0 aliphatic heterocycles. The van der Waals surface area contributed by atoms with Crippen LogP contribution in [0.4, 0.5) is 0 Å². The second-order valence-electron chi connectivity index (χ2n) is 7.59. The number of fused-ring (bicyclic) bond motifs is 1. The first-order valence-corrected chi connectivity index (χ1v) is 9.55. The number of carbonyl (C=O) groups is 1. The summed E-state index contributed by atoms with van der Waals surface area (Å²) in [4.78, 5) is 24.1. The topological polar surface area (TPSA) is 89.2 Å². The highest BCUT2D eigenvalue weighted by atomic mass is 16.3. The molecule has 1 aliphatic carbocycles. The third-order valence-electron chi connectivity index (χ3n) is 5.84. The predicted molar refractivity (Wildman–Crippen MR) is 107 cm³/mol. The molecular formula is C21H24N4O3. The van der Waals surface area contributed by atoms with Crippen LogP contribution in [0.2, 0.25) is 0 Å². The Morgan fingerprint density at radius 3 is 2.75 bits per heavy atom. The maximum absolute atomic E-state index is 12.1. The summed E-state index contributed by atoms with van der Waals surface area (Å²) >= 11 is 0. The van der Waals surface area contributed by atoms with Crippen molar-refractivity contribution < 1.29 is 9.90 Å². The normalized spacial score (nSPS) is 15.8. The number of carbonyl (C=O) groups excluding carboxylic acids is 1. The molecule has 0 saturated heterocycles. The van der Waals surface area contributed by atoms with Crippen molar-refractivity contribution >= 4 is 16.8 Å². The lowest BCUT2D eigenvalue weighted by Crippen LogP contribution is -2.37. The summed E-state index contributed by atoms with van der Waals surface area (Å²) in [7, 11) is 1.44. The van der Waals surface area contributed by atoms with Gasteiger partial charge < -0.3 is 15.0 Å². The van der Waals surface area contributed by atoms with E-state index in [-0.39, 0.29) is 11.2 Å². The zero-order chi connectivity index (χ0) is 19.9. The molecular weight excluding hydrogens is 356 g/mol. The van der Waals surface area contributed by atoms with Crippen molar-refractivity contribution in [2.45, 2.75) is 44.7 Å². The van der Waals surface area contributed by atoms with Gasteiger partial charge in [0, 0.05) is 24.1 Å². The molecule has 2 heterocycles. The molecule has 3 aromatic rings. The zero-order valence-corrected chi connectivity index (χ0v) is 16.1. The first-order valence-electron chi connectivity index (χ1n) is 9.55. The second kappa shape index (κ2) is 6.82. The van der Waals surface area contributed by atoms with Crippen molar-refractivity contribution in [3.05, 3.63) is 58.1 Å². The lowest BCUT2D eigenvalue weighted by atomic mass is 9.96. The number of amides is 1. The van der Waals surface area contributed by atoms with E-state index in [9.17, 15) is 14.7 Å². The molecule has 1 amide bonds. The number of aromatic hydroxyl groups is 1. The van der Waals surface area contributed by atoms with E-state index in [1.54, 1.807) is 0 Å². The number of rotatable bonds is 4. The maximum atomic E-state index is 12.1. The molecule has 4 rings (SSSR count). The third-order valence-corrected chi connectivity index (χ3v) is 5.84. The molecule has 7 heteroatoms. The van der Waals surface area contributed by atoms with E-state index in [4.69, 9.17) is 0 Å². The molecule has 0 radical (unpaired) electrons. The van der Waals surface area contributed by atoms with Gasteiger partial charge in [-0.15, -0.1) is 0 Å². The number of nitrogens with one attached hydrogen (secondary N) is 1. The maximum Gasteiger partial charge on any atom is 0.275 e. The van der Waals surface area contributed by atoms with Gasteiger partial charge in [-0.2, -0.15) is 5.10 Å². The quantitative estimate of drug-likeness (QED) is 0.728. The van der Waals surface area contributed by atoms with Crippen molar-refractivity contribution in [1.29, 1.82) is 0 Å². The minimum absolute atomic E-state index is 0.218. The molecule has 0 unspecified atom stereocenters. The van der Waals surface area contributed by atoms with E-state index < -0.39 is 17.1 Å². The number of hydrogen-bond acceptors (Lipinski definition) is 4. The first kappa shape index (κ1) is 18.3. The number of aromatic nitrogens is 3. The summed E-state index contributed by atoms with van der Waals surface area (Å²) in [5.74, 6) is -1.06. The average Bonchev–Trinajstić information content (AvgIpc) is 3.32. The Morgan fingerprint density at radius 2 is 2.04 bits per heavy atom. The van der Waals surface area contributed by atoms with E-state index in [1.807, 2.05) is 0 Å². The summed E-state index contributed by atoms with van der Waals surface area (Å²) in [6, 6.07) is 8.42. The van der Waals surface area contributed by atoms with Crippen LogP contribution in [-0.2, 0) is 12.1 Å². The Hall–Kier alpha value is -3.09. The van der Waals surface area contributed by atoms with Crippen LogP contribution in [0.25, 0.3) is 10.9 Å². The smallest absolute Gasteiger partial charge is 0.275 e. The molecule has 2 N–H and O–H groups in total. The molecule has 0 spiro atoms. The average molecular weight is 380 g/mol. The summed E-state index contributed by atoms with van der Waals surface area (Å²) in [6.07, 6.45) is 7.57. The lowest BCUT2D eigenvalue weighted by Gasteiger charge is -2.33. The van der Waals surface area contributed by atoms with Gasteiger partial charge >= 0.3 is 0 Å². The van der Waals surface area contributed by atoms with Gasteiger partial charge in [-0.05, 0) is 37.5 Å². The van der Waals surface area contributed by atoms with Gasteiger partial charge in [0.05, 0.1) is 18.3 Å². The number of hydrogen-bond donors (Lipinski definition) is 2. The Morgan fingerprint density at radius 1 is 1.29 bits per heavy atom. The van der Waals surface area contributed by atoms with Gasteiger partial charge in [-0.25, -0.2) is 0 Å². The van der Waals surface area contributed by atoms with Crippen LogP contribution in [0.3, 0.4) is 0 Å². The van der Waals surface area contributed by atoms with E-state index in [0.29, 0.717) is 6.54 Å². The number of aryl methyl sites for hydroxylation is 1. The van der Waals surface area contributed by atoms with Crippen molar-refractivity contribution in [3.63, 3.8) is 0 Å². The zero-order valence-electron chi connectivity index (χ0n) is 16.1. The minimum Gasteiger partial charge on any atom is -0.503 e. The van der Waals surface area contributed by atoms with E-state index in [0.717, 1.165) is 25.7 Å². The van der Waals surface area contributed by atoms with Crippen molar-refractivity contribution in [3.8, 4) is 5.75 Å². The lowest BCUT2D eigenvalue weighted by molar-refractivity contribution is 0.0952. The van der Waals surface area contributed by atoms with Gasteiger partial charge in [0.1, 0.15) is 0 Å². The largest absolute Gasteiger partial charge is 0.503 e. The summed E-state index contributed by atoms with van der Waals surface area (Å²) < 4.78 is 3.84. The second-order valence-corrected chi connectivity index (χ2v) is 7.59. The fraction of sp³-hybridized carbons (Fsp3) is 0.381. The molecule has 28 heavy (non-hydrogen) atoms. The molecule has 7 nitrogen and oxygen atoms in total. The van der Waals surface area contributed by atoms with Crippen molar-refractivity contribution in [2.24, 2.45) is 0 Å². The van der Waals surface area contributed by atoms with Crippen LogP contribution in [0.5, 0.6) is 5.75 Å². The highest BCUT2D eigenvalue weighted by molar-refractivity contribution is 5.92. The van der Waals surface area contributed by atoms with Crippen LogP contribution < -0.4 is 10.7 Å². The number of benzene rings is 1. The molecule has 0 bridgehead atoms. The monoisotopic (exact) mass is 380 g/mol. The van der Waals surface area contributed by atoms with E-state index in [1.165, 1.54) is 34.4 Å². The van der Waals surface area contributed by atoms with E-state index in [2.05, 4.69) is 52.4 Å². The van der Waals surface area contributed by atoms with Gasteiger partial charge in [-0.1, -0.05) is 25.0 Å². The molecule has 1 fully saturated rings. The van der Waals surface area contributed by atoms with Crippen LogP contribution in [-0.4, -0.2) is 32.4 Å². The molecule has 1 aliphatic rings. The van der Waals surface area contributed by atoms with Gasteiger partial charge in [-0.3, -0.25) is 14.3 Å². The number of nitrogens with zero attached hydrogens (tertiary/aromatic N) is 3. The molecule has 1 aromatic carbocycles. The Balaban J connectivity index is 1.82. The van der Waals surface area contributed by atoms with Gasteiger partial charge in [0.2, 0.25) is 0 Å². The molecule has 2 aromatic heterocycles.